The number of carbonyl (C=O) groups excluding carboxylic acids is 1. The van der Waals surface area contributed by atoms with Gasteiger partial charge in [-0.05, 0) is 48.4 Å². The van der Waals surface area contributed by atoms with Crippen molar-refractivity contribution in [1.82, 2.24) is 9.62 Å². The van der Waals surface area contributed by atoms with E-state index in [2.05, 4.69) is 24.4 Å². The topological polar surface area (TPSA) is 66.5 Å². The van der Waals surface area contributed by atoms with Gasteiger partial charge in [-0.15, -0.1) is 0 Å². The highest BCUT2D eigenvalue weighted by atomic mass is 32.2. The van der Waals surface area contributed by atoms with Crippen LogP contribution in [0.1, 0.15) is 37.3 Å². The summed E-state index contributed by atoms with van der Waals surface area (Å²) in [5.74, 6) is 0.258. The van der Waals surface area contributed by atoms with Crippen molar-refractivity contribution in [3.05, 3.63) is 65.7 Å². The fourth-order valence-electron chi connectivity index (χ4n) is 3.52. The Bertz CT molecular complexity index is 872. The predicted molar refractivity (Wildman–Crippen MR) is 110 cm³/mol. The van der Waals surface area contributed by atoms with Crippen LogP contribution in [0.3, 0.4) is 0 Å². The SMILES string of the molecule is CCc1ccc(CNC(=O)CC2CCN(S(=O)(=O)c3ccccc3)CC2)cc1. The number of carbonyl (C=O) groups is 1. The van der Waals surface area contributed by atoms with Crippen molar-refractivity contribution in [2.45, 2.75) is 44.0 Å². The summed E-state index contributed by atoms with van der Waals surface area (Å²) in [6.07, 6.45) is 2.88. The van der Waals surface area contributed by atoms with Crippen molar-refractivity contribution in [2.24, 2.45) is 5.92 Å². The van der Waals surface area contributed by atoms with Gasteiger partial charge in [-0.2, -0.15) is 4.31 Å². The fourth-order valence-corrected chi connectivity index (χ4v) is 5.01. The molecule has 6 heteroatoms. The van der Waals surface area contributed by atoms with Gasteiger partial charge in [0.1, 0.15) is 0 Å². The lowest BCUT2D eigenvalue weighted by Crippen LogP contribution is -2.39. The normalized spacial score (nSPS) is 16.0. The molecule has 1 aliphatic rings. The van der Waals surface area contributed by atoms with Crippen LogP contribution in [0.5, 0.6) is 0 Å². The van der Waals surface area contributed by atoms with Crippen LogP contribution in [0.15, 0.2) is 59.5 Å². The van der Waals surface area contributed by atoms with Crippen molar-refractivity contribution in [2.75, 3.05) is 13.1 Å². The molecule has 2 aromatic carbocycles. The van der Waals surface area contributed by atoms with Gasteiger partial charge in [0.25, 0.3) is 0 Å². The highest BCUT2D eigenvalue weighted by molar-refractivity contribution is 7.89. The van der Waals surface area contributed by atoms with Gasteiger partial charge in [0.15, 0.2) is 0 Å². The number of sulfonamides is 1. The Labute approximate surface area is 167 Å². The smallest absolute Gasteiger partial charge is 0.243 e. The van der Waals surface area contributed by atoms with Crippen molar-refractivity contribution >= 4 is 15.9 Å². The van der Waals surface area contributed by atoms with Crippen LogP contribution in [0.2, 0.25) is 0 Å². The van der Waals surface area contributed by atoms with Crippen molar-refractivity contribution in [1.29, 1.82) is 0 Å². The molecule has 0 bridgehead atoms. The molecule has 0 spiro atoms. The molecule has 28 heavy (non-hydrogen) atoms. The number of benzene rings is 2. The number of aryl methyl sites for hydroxylation is 1. The zero-order valence-corrected chi connectivity index (χ0v) is 17.1. The summed E-state index contributed by atoms with van der Waals surface area (Å²) >= 11 is 0. The minimum Gasteiger partial charge on any atom is -0.352 e. The molecule has 1 N–H and O–H groups in total. The summed E-state index contributed by atoms with van der Waals surface area (Å²) in [6.45, 7) is 3.58. The summed E-state index contributed by atoms with van der Waals surface area (Å²) in [7, 11) is -3.43. The third-order valence-corrected chi connectivity index (χ3v) is 7.26. The third kappa shape index (κ3) is 5.20. The van der Waals surface area contributed by atoms with Crippen molar-refractivity contribution in [3.8, 4) is 0 Å². The first-order valence-corrected chi connectivity index (χ1v) is 11.3. The molecule has 0 aromatic heterocycles. The largest absolute Gasteiger partial charge is 0.352 e. The van der Waals surface area contributed by atoms with Gasteiger partial charge >= 0.3 is 0 Å². The second kappa shape index (κ2) is 9.34. The monoisotopic (exact) mass is 400 g/mol. The summed E-state index contributed by atoms with van der Waals surface area (Å²) in [5.41, 5.74) is 2.38. The van der Waals surface area contributed by atoms with E-state index in [0.29, 0.717) is 43.8 Å². The van der Waals surface area contributed by atoms with Gasteiger partial charge < -0.3 is 5.32 Å². The number of nitrogens with zero attached hydrogens (tertiary/aromatic N) is 1. The Morgan fingerprint density at radius 3 is 2.21 bits per heavy atom. The lowest BCUT2D eigenvalue weighted by molar-refractivity contribution is -0.122. The maximum atomic E-state index is 12.7. The zero-order valence-electron chi connectivity index (χ0n) is 16.3. The van der Waals surface area contributed by atoms with Crippen molar-refractivity contribution in [3.63, 3.8) is 0 Å². The number of piperidine rings is 1. The molecule has 1 fully saturated rings. The first kappa shape index (κ1) is 20.6. The number of hydrogen-bond acceptors (Lipinski definition) is 3. The van der Waals surface area contributed by atoms with E-state index in [1.165, 1.54) is 9.87 Å². The molecule has 1 aliphatic heterocycles. The van der Waals surface area contributed by atoms with E-state index in [1.807, 2.05) is 18.2 Å². The summed E-state index contributed by atoms with van der Waals surface area (Å²) < 4.78 is 26.9. The van der Waals surface area contributed by atoms with Gasteiger partial charge in [-0.1, -0.05) is 49.4 Å². The van der Waals surface area contributed by atoms with Gasteiger partial charge in [0.2, 0.25) is 15.9 Å². The summed E-state index contributed by atoms with van der Waals surface area (Å²) in [4.78, 5) is 12.6. The molecule has 150 valence electrons. The van der Waals surface area contributed by atoms with Gasteiger partial charge in [0, 0.05) is 26.1 Å². The lowest BCUT2D eigenvalue weighted by Gasteiger charge is -2.31. The van der Waals surface area contributed by atoms with Crippen LogP contribution in [0.4, 0.5) is 0 Å². The van der Waals surface area contributed by atoms with E-state index in [1.54, 1.807) is 24.3 Å². The van der Waals surface area contributed by atoms with E-state index >= 15 is 0 Å². The molecule has 0 saturated carbocycles. The van der Waals surface area contributed by atoms with Gasteiger partial charge in [-0.25, -0.2) is 8.42 Å². The number of rotatable bonds is 7. The molecule has 0 unspecified atom stereocenters. The number of hydrogen-bond donors (Lipinski definition) is 1. The van der Waals surface area contributed by atoms with E-state index in [4.69, 9.17) is 0 Å². The molecular weight excluding hydrogens is 372 g/mol. The van der Waals surface area contributed by atoms with E-state index in [9.17, 15) is 13.2 Å². The Balaban J connectivity index is 1.45. The second-order valence-electron chi connectivity index (χ2n) is 7.31. The number of amides is 1. The minimum absolute atomic E-state index is 0.0314. The molecule has 0 radical (unpaired) electrons. The Morgan fingerprint density at radius 2 is 1.61 bits per heavy atom. The molecule has 1 heterocycles. The number of nitrogens with one attached hydrogen (secondary N) is 1. The predicted octanol–water partition coefficient (Wildman–Crippen LogP) is 3.36. The van der Waals surface area contributed by atoms with Crippen LogP contribution < -0.4 is 5.32 Å². The fraction of sp³-hybridized carbons (Fsp3) is 0.409. The van der Waals surface area contributed by atoms with Gasteiger partial charge in [0.05, 0.1) is 4.90 Å². The molecule has 2 aromatic rings. The maximum absolute atomic E-state index is 12.7. The van der Waals surface area contributed by atoms with Gasteiger partial charge in [-0.3, -0.25) is 4.79 Å². The lowest BCUT2D eigenvalue weighted by atomic mass is 9.94. The first-order valence-electron chi connectivity index (χ1n) is 9.88. The van der Waals surface area contributed by atoms with Crippen molar-refractivity contribution < 1.29 is 13.2 Å². The minimum atomic E-state index is -3.43. The summed E-state index contributed by atoms with van der Waals surface area (Å²) in [6, 6.07) is 16.8. The average Bonchev–Trinajstić information content (AvgIpc) is 2.73. The molecule has 0 aliphatic carbocycles. The third-order valence-electron chi connectivity index (χ3n) is 5.35. The van der Waals surface area contributed by atoms with Crippen LogP contribution in [0.25, 0.3) is 0 Å². The highest BCUT2D eigenvalue weighted by Crippen LogP contribution is 2.25. The highest BCUT2D eigenvalue weighted by Gasteiger charge is 2.29. The molecular formula is C22H28N2O3S. The maximum Gasteiger partial charge on any atom is 0.243 e. The average molecular weight is 401 g/mol. The standard InChI is InChI=1S/C22H28N2O3S/c1-2-18-8-10-20(11-9-18)17-23-22(25)16-19-12-14-24(15-13-19)28(26,27)21-6-4-3-5-7-21/h3-11,19H,2,12-17H2,1H3,(H,23,25). The van der Waals surface area contributed by atoms with E-state index < -0.39 is 10.0 Å². The van der Waals surface area contributed by atoms with Crippen LogP contribution >= 0.6 is 0 Å². The zero-order chi connectivity index (χ0) is 20.0. The van der Waals surface area contributed by atoms with Crippen LogP contribution in [-0.2, 0) is 27.8 Å². The van der Waals surface area contributed by atoms with E-state index in [0.717, 1.165) is 12.0 Å². The molecule has 5 nitrogen and oxygen atoms in total. The first-order chi connectivity index (χ1) is 13.5. The Hall–Kier alpha value is -2.18. The molecule has 3 rings (SSSR count). The quantitative estimate of drug-likeness (QED) is 0.775. The van der Waals surface area contributed by atoms with E-state index in [-0.39, 0.29) is 11.8 Å². The second-order valence-corrected chi connectivity index (χ2v) is 9.25. The molecule has 1 amide bonds. The molecule has 1 saturated heterocycles. The summed E-state index contributed by atoms with van der Waals surface area (Å²) in [5, 5.41) is 2.98. The van der Waals surface area contributed by atoms with Crippen LogP contribution in [-0.4, -0.2) is 31.7 Å². The Morgan fingerprint density at radius 1 is 1.00 bits per heavy atom. The van der Waals surface area contributed by atoms with Crippen LogP contribution in [0, 0.1) is 5.92 Å². The molecule has 0 atom stereocenters. The Kier molecular flexibility index (Phi) is 6.86.